The van der Waals surface area contributed by atoms with Gasteiger partial charge >= 0.3 is 0 Å². The molecule has 0 spiro atoms. The molecule has 0 amide bonds. The highest BCUT2D eigenvalue weighted by Gasteiger charge is 2.15. The second-order valence-corrected chi connectivity index (χ2v) is 6.00. The number of rotatable bonds is 6. The minimum Gasteiger partial charge on any atom is -0.497 e. The quantitative estimate of drug-likeness (QED) is 0.739. The van der Waals surface area contributed by atoms with Crippen molar-refractivity contribution < 1.29 is 13.2 Å². The molecule has 4 N–H and O–H groups in total. The summed E-state index contributed by atoms with van der Waals surface area (Å²) in [6.45, 7) is 0.490. The van der Waals surface area contributed by atoms with E-state index in [1.807, 2.05) is 12.1 Å². The van der Waals surface area contributed by atoms with Crippen LogP contribution in [-0.4, -0.2) is 20.5 Å². The molecule has 1 heterocycles. The van der Waals surface area contributed by atoms with Crippen LogP contribution in [0.5, 0.6) is 5.75 Å². The number of ether oxygens (including phenoxy) is 1. The molecule has 2 rings (SSSR count). The lowest BCUT2D eigenvalue weighted by molar-refractivity contribution is 0.414. The minimum absolute atomic E-state index is 0.187. The molecule has 0 fully saturated rings. The number of aromatic nitrogens is 1. The predicted molar refractivity (Wildman–Crippen MR) is 75.7 cm³/mol. The van der Waals surface area contributed by atoms with Gasteiger partial charge in [-0.15, -0.1) is 0 Å². The maximum absolute atomic E-state index is 12.1. The molecular formula is C13H17N3O3S. The molecule has 0 bridgehead atoms. The third-order valence-corrected chi connectivity index (χ3v) is 4.25. The first kappa shape index (κ1) is 14.6. The van der Waals surface area contributed by atoms with Crippen LogP contribution in [0.4, 0.5) is 0 Å². The summed E-state index contributed by atoms with van der Waals surface area (Å²) in [7, 11) is -1.95. The van der Waals surface area contributed by atoms with E-state index >= 15 is 0 Å². The largest absolute Gasteiger partial charge is 0.497 e. The van der Waals surface area contributed by atoms with Crippen molar-refractivity contribution in [3.63, 3.8) is 0 Å². The SMILES string of the molecule is COc1ccc(CNS(=O)(=O)c2c[nH]c(CN)c2)cc1. The van der Waals surface area contributed by atoms with Gasteiger partial charge < -0.3 is 15.5 Å². The molecular weight excluding hydrogens is 278 g/mol. The van der Waals surface area contributed by atoms with Crippen LogP contribution in [0, 0.1) is 0 Å². The van der Waals surface area contributed by atoms with Gasteiger partial charge in [-0.3, -0.25) is 0 Å². The summed E-state index contributed by atoms with van der Waals surface area (Å²) in [5, 5.41) is 0. The van der Waals surface area contributed by atoms with E-state index in [1.54, 1.807) is 19.2 Å². The van der Waals surface area contributed by atoms with E-state index in [4.69, 9.17) is 10.5 Å². The number of methoxy groups -OCH3 is 1. The first-order chi connectivity index (χ1) is 9.55. The zero-order valence-corrected chi connectivity index (χ0v) is 11.9. The standard InChI is InChI=1S/C13H17N3O3S/c1-19-12-4-2-10(3-5-12)8-16-20(17,18)13-6-11(7-14)15-9-13/h2-6,9,15-16H,7-8,14H2,1H3. The maximum atomic E-state index is 12.1. The Hall–Kier alpha value is -1.83. The summed E-state index contributed by atoms with van der Waals surface area (Å²) in [5.41, 5.74) is 6.97. The van der Waals surface area contributed by atoms with Gasteiger partial charge in [-0.25, -0.2) is 13.1 Å². The monoisotopic (exact) mass is 295 g/mol. The maximum Gasteiger partial charge on any atom is 0.242 e. The molecule has 0 radical (unpaired) electrons. The molecule has 1 aromatic carbocycles. The van der Waals surface area contributed by atoms with Gasteiger partial charge in [-0.05, 0) is 23.8 Å². The van der Waals surface area contributed by atoms with Crippen molar-refractivity contribution in [1.29, 1.82) is 0 Å². The number of sulfonamides is 1. The van der Waals surface area contributed by atoms with Crippen molar-refractivity contribution in [2.45, 2.75) is 18.0 Å². The highest BCUT2D eigenvalue weighted by molar-refractivity contribution is 7.89. The lowest BCUT2D eigenvalue weighted by Gasteiger charge is -2.06. The van der Waals surface area contributed by atoms with Gasteiger partial charge in [-0.2, -0.15) is 0 Å². The fourth-order valence-corrected chi connectivity index (χ4v) is 2.73. The van der Waals surface area contributed by atoms with Crippen molar-refractivity contribution in [3.05, 3.63) is 47.8 Å². The Balaban J connectivity index is 2.04. The van der Waals surface area contributed by atoms with Crippen LogP contribution in [0.15, 0.2) is 41.4 Å². The average Bonchev–Trinajstić information content (AvgIpc) is 2.95. The number of H-pyrrole nitrogens is 1. The molecule has 7 heteroatoms. The van der Waals surface area contributed by atoms with E-state index in [1.165, 1.54) is 12.3 Å². The molecule has 108 valence electrons. The second kappa shape index (κ2) is 6.08. The zero-order valence-electron chi connectivity index (χ0n) is 11.1. The van der Waals surface area contributed by atoms with Crippen LogP contribution < -0.4 is 15.2 Å². The molecule has 0 saturated carbocycles. The number of nitrogens with one attached hydrogen (secondary N) is 2. The number of benzene rings is 1. The van der Waals surface area contributed by atoms with Crippen molar-refractivity contribution in [3.8, 4) is 5.75 Å². The van der Waals surface area contributed by atoms with Crippen LogP contribution >= 0.6 is 0 Å². The van der Waals surface area contributed by atoms with E-state index < -0.39 is 10.0 Å². The van der Waals surface area contributed by atoms with Crippen LogP contribution in [0.25, 0.3) is 0 Å². The highest BCUT2D eigenvalue weighted by Crippen LogP contribution is 2.13. The highest BCUT2D eigenvalue weighted by atomic mass is 32.2. The fourth-order valence-electron chi connectivity index (χ4n) is 1.70. The minimum atomic E-state index is -3.53. The Morgan fingerprint density at radius 1 is 1.30 bits per heavy atom. The van der Waals surface area contributed by atoms with Crippen LogP contribution in [0.3, 0.4) is 0 Å². The van der Waals surface area contributed by atoms with E-state index in [0.717, 1.165) is 11.3 Å². The Morgan fingerprint density at radius 2 is 2.00 bits per heavy atom. The number of hydrogen-bond acceptors (Lipinski definition) is 4. The van der Waals surface area contributed by atoms with Gasteiger partial charge in [0.25, 0.3) is 0 Å². The molecule has 20 heavy (non-hydrogen) atoms. The second-order valence-electron chi connectivity index (χ2n) is 4.24. The third kappa shape index (κ3) is 3.38. The molecule has 0 unspecified atom stereocenters. The summed E-state index contributed by atoms with van der Waals surface area (Å²) < 4.78 is 31.7. The first-order valence-corrected chi connectivity index (χ1v) is 7.53. The number of aromatic amines is 1. The summed E-state index contributed by atoms with van der Waals surface area (Å²) in [5.74, 6) is 0.731. The molecule has 0 atom stereocenters. The van der Waals surface area contributed by atoms with Gasteiger partial charge in [-0.1, -0.05) is 12.1 Å². The van der Waals surface area contributed by atoms with Crippen molar-refractivity contribution >= 4 is 10.0 Å². The normalized spacial score (nSPS) is 11.5. The Morgan fingerprint density at radius 3 is 2.55 bits per heavy atom. The zero-order chi connectivity index (χ0) is 14.6. The summed E-state index contributed by atoms with van der Waals surface area (Å²) in [6.07, 6.45) is 1.43. The van der Waals surface area contributed by atoms with Crippen molar-refractivity contribution in [1.82, 2.24) is 9.71 Å². The van der Waals surface area contributed by atoms with Gasteiger partial charge in [0.2, 0.25) is 10.0 Å². The summed E-state index contributed by atoms with van der Waals surface area (Å²) in [4.78, 5) is 3.00. The van der Waals surface area contributed by atoms with Crippen LogP contribution in [0.1, 0.15) is 11.3 Å². The van der Waals surface area contributed by atoms with E-state index in [0.29, 0.717) is 5.69 Å². The molecule has 0 aliphatic carbocycles. The fraction of sp³-hybridized carbons (Fsp3) is 0.231. The number of hydrogen-bond donors (Lipinski definition) is 3. The Bertz CT molecular complexity index is 662. The summed E-state index contributed by atoms with van der Waals surface area (Å²) in [6, 6.07) is 8.71. The number of nitrogens with two attached hydrogens (primary N) is 1. The van der Waals surface area contributed by atoms with Gasteiger partial charge in [0.05, 0.1) is 12.0 Å². The van der Waals surface area contributed by atoms with Crippen molar-refractivity contribution in [2.24, 2.45) is 5.73 Å². The van der Waals surface area contributed by atoms with Crippen molar-refractivity contribution in [2.75, 3.05) is 7.11 Å². The summed E-state index contributed by atoms with van der Waals surface area (Å²) >= 11 is 0. The Kier molecular flexibility index (Phi) is 4.43. The first-order valence-electron chi connectivity index (χ1n) is 6.05. The molecule has 6 nitrogen and oxygen atoms in total. The molecule has 0 aliphatic heterocycles. The predicted octanol–water partition coefficient (Wildman–Crippen LogP) is 0.960. The topological polar surface area (TPSA) is 97.2 Å². The van der Waals surface area contributed by atoms with Gasteiger partial charge in [0.15, 0.2) is 0 Å². The third-order valence-electron chi connectivity index (χ3n) is 2.87. The van der Waals surface area contributed by atoms with Crippen LogP contribution in [-0.2, 0) is 23.1 Å². The van der Waals surface area contributed by atoms with E-state index in [9.17, 15) is 8.42 Å². The average molecular weight is 295 g/mol. The van der Waals surface area contributed by atoms with E-state index in [-0.39, 0.29) is 18.0 Å². The molecule has 1 aromatic heterocycles. The Labute approximate surface area is 118 Å². The molecule has 0 saturated heterocycles. The smallest absolute Gasteiger partial charge is 0.242 e. The van der Waals surface area contributed by atoms with E-state index in [2.05, 4.69) is 9.71 Å². The lowest BCUT2D eigenvalue weighted by atomic mass is 10.2. The van der Waals surface area contributed by atoms with Crippen LogP contribution in [0.2, 0.25) is 0 Å². The molecule has 2 aromatic rings. The lowest BCUT2D eigenvalue weighted by Crippen LogP contribution is -2.22. The van der Waals surface area contributed by atoms with Gasteiger partial charge in [0, 0.05) is 25.0 Å². The molecule has 0 aliphatic rings. The van der Waals surface area contributed by atoms with Gasteiger partial charge in [0.1, 0.15) is 5.75 Å².